The van der Waals surface area contributed by atoms with Gasteiger partial charge in [-0.15, -0.1) is 11.6 Å². The first kappa shape index (κ1) is 14.3. The van der Waals surface area contributed by atoms with Crippen LogP contribution in [0.5, 0.6) is 5.75 Å². The van der Waals surface area contributed by atoms with Crippen LogP contribution in [-0.2, 0) is 6.54 Å². The Morgan fingerprint density at radius 2 is 2.00 bits per heavy atom. The third-order valence-corrected chi connectivity index (χ3v) is 3.14. The number of ether oxygens (including phenoxy) is 1. The van der Waals surface area contributed by atoms with E-state index in [9.17, 15) is 0 Å². The lowest BCUT2D eigenvalue weighted by Crippen LogP contribution is -2.31. The summed E-state index contributed by atoms with van der Waals surface area (Å²) in [7, 11) is 1.72. The molecule has 0 unspecified atom stereocenters. The minimum Gasteiger partial charge on any atom is -0.496 e. The van der Waals surface area contributed by atoms with Crippen LogP contribution < -0.4 is 4.74 Å². The summed E-state index contributed by atoms with van der Waals surface area (Å²) in [5.41, 5.74) is 1.23. The zero-order valence-electron chi connectivity index (χ0n) is 10.9. The summed E-state index contributed by atoms with van der Waals surface area (Å²) in [6.45, 7) is 6.37. The Hall–Kier alpha value is -0.730. The summed E-state index contributed by atoms with van der Waals surface area (Å²) in [6, 6.07) is 8.70. The smallest absolute Gasteiger partial charge is 0.123 e. The van der Waals surface area contributed by atoms with Gasteiger partial charge in [0.2, 0.25) is 0 Å². The van der Waals surface area contributed by atoms with Gasteiger partial charge in [0.05, 0.1) is 7.11 Å². The van der Waals surface area contributed by atoms with Gasteiger partial charge in [-0.05, 0) is 32.9 Å². The average Bonchev–Trinajstić information content (AvgIpc) is 2.34. The number of methoxy groups -OCH3 is 1. The number of alkyl halides is 1. The number of benzene rings is 1. The van der Waals surface area contributed by atoms with Crippen LogP contribution in [0.25, 0.3) is 0 Å². The van der Waals surface area contributed by atoms with Gasteiger partial charge in [0.15, 0.2) is 0 Å². The molecule has 2 nitrogen and oxygen atoms in total. The largest absolute Gasteiger partial charge is 0.496 e. The minimum absolute atomic E-state index is 0.517. The number of para-hydroxylation sites is 1. The van der Waals surface area contributed by atoms with E-state index in [2.05, 4.69) is 30.9 Å². The van der Waals surface area contributed by atoms with E-state index in [-0.39, 0.29) is 0 Å². The number of hydrogen-bond acceptors (Lipinski definition) is 2. The highest BCUT2D eigenvalue weighted by atomic mass is 35.5. The van der Waals surface area contributed by atoms with E-state index in [1.807, 2.05) is 12.1 Å². The lowest BCUT2D eigenvalue weighted by molar-refractivity contribution is 0.211. The number of hydrogen-bond donors (Lipinski definition) is 0. The molecule has 0 spiro atoms. The van der Waals surface area contributed by atoms with Crippen molar-refractivity contribution in [1.82, 2.24) is 4.90 Å². The monoisotopic (exact) mass is 255 g/mol. The maximum atomic E-state index is 5.76. The standard InChI is InChI=1S/C14H22ClNO/c1-12(2)16(10-6-9-15)11-13-7-4-5-8-14(13)17-3/h4-5,7-8,12H,6,9-11H2,1-3H3. The van der Waals surface area contributed by atoms with E-state index in [1.54, 1.807) is 7.11 Å². The first-order chi connectivity index (χ1) is 8.19. The van der Waals surface area contributed by atoms with Crippen LogP contribution >= 0.6 is 11.6 Å². The van der Waals surface area contributed by atoms with Crippen LogP contribution in [0.4, 0.5) is 0 Å². The molecule has 0 fully saturated rings. The molecule has 0 heterocycles. The summed E-state index contributed by atoms with van der Waals surface area (Å²) in [6.07, 6.45) is 1.02. The fourth-order valence-electron chi connectivity index (χ4n) is 1.84. The molecule has 1 aromatic carbocycles. The Bertz CT molecular complexity index is 328. The molecule has 0 aliphatic heterocycles. The van der Waals surface area contributed by atoms with Gasteiger partial charge in [-0.3, -0.25) is 4.90 Å². The molecule has 17 heavy (non-hydrogen) atoms. The highest BCUT2D eigenvalue weighted by molar-refractivity contribution is 6.17. The SMILES string of the molecule is COc1ccccc1CN(CCCCl)C(C)C. The van der Waals surface area contributed by atoms with E-state index in [1.165, 1.54) is 5.56 Å². The van der Waals surface area contributed by atoms with Crippen LogP contribution in [0.3, 0.4) is 0 Å². The van der Waals surface area contributed by atoms with Crippen molar-refractivity contribution >= 4 is 11.6 Å². The summed E-state index contributed by atoms with van der Waals surface area (Å²) in [5, 5.41) is 0. The van der Waals surface area contributed by atoms with Gasteiger partial charge in [0, 0.05) is 24.0 Å². The Kier molecular flexibility index (Phi) is 6.38. The summed E-state index contributed by atoms with van der Waals surface area (Å²) in [4.78, 5) is 2.42. The summed E-state index contributed by atoms with van der Waals surface area (Å²) >= 11 is 5.76. The van der Waals surface area contributed by atoms with Gasteiger partial charge >= 0.3 is 0 Å². The second-order valence-corrected chi connectivity index (χ2v) is 4.80. The molecule has 0 aliphatic carbocycles. The molecule has 1 aromatic rings. The van der Waals surface area contributed by atoms with Gasteiger partial charge in [0.1, 0.15) is 5.75 Å². The predicted molar refractivity (Wildman–Crippen MR) is 73.9 cm³/mol. The molecule has 0 aromatic heterocycles. The normalized spacial score (nSPS) is 11.2. The molecule has 0 bridgehead atoms. The molecule has 0 amide bonds. The first-order valence-corrected chi connectivity index (χ1v) is 6.64. The summed E-state index contributed by atoms with van der Waals surface area (Å²) in [5.74, 6) is 1.68. The molecule has 0 saturated heterocycles. The molecule has 0 saturated carbocycles. The van der Waals surface area contributed by atoms with E-state index in [4.69, 9.17) is 16.3 Å². The van der Waals surface area contributed by atoms with E-state index >= 15 is 0 Å². The highest BCUT2D eigenvalue weighted by Gasteiger charge is 2.12. The van der Waals surface area contributed by atoms with Crippen LogP contribution in [0.2, 0.25) is 0 Å². The van der Waals surface area contributed by atoms with Crippen molar-refractivity contribution in [1.29, 1.82) is 0 Å². The maximum Gasteiger partial charge on any atom is 0.123 e. The van der Waals surface area contributed by atoms with Crippen molar-refractivity contribution in [3.8, 4) is 5.75 Å². The van der Waals surface area contributed by atoms with Gasteiger partial charge in [0.25, 0.3) is 0 Å². The van der Waals surface area contributed by atoms with Crippen molar-refractivity contribution < 1.29 is 4.74 Å². The maximum absolute atomic E-state index is 5.76. The predicted octanol–water partition coefficient (Wildman–Crippen LogP) is 3.53. The zero-order valence-corrected chi connectivity index (χ0v) is 11.7. The van der Waals surface area contributed by atoms with Crippen LogP contribution in [0.1, 0.15) is 25.8 Å². The van der Waals surface area contributed by atoms with Crippen molar-refractivity contribution in [3.63, 3.8) is 0 Å². The molecule has 0 N–H and O–H groups in total. The third-order valence-electron chi connectivity index (χ3n) is 2.88. The van der Waals surface area contributed by atoms with Crippen molar-refractivity contribution in [2.24, 2.45) is 0 Å². The molecule has 0 aliphatic rings. The molecular weight excluding hydrogens is 234 g/mol. The lowest BCUT2D eigenvalue weighted by Gasteiger charge is -2.26. The van der Waals surface area contributed by atoms with Crippen LogP contribution in [0, 0.1) is 0 Å². The van der Waals surface area contributed by atoms with Crippen LogP contribution in [-0.4, -0.2) is 30.5 Å². The fraction of sp³-hybridized carbons (Fsp3) is 0.571. The van der Waals surface area contributed by atoms with Gasteiger partial charge in [-0.25, -0.2) is 0 Å². The molecule has 0 atom stereocenters. The van der Waals surface area contributed by atoms with E-state index in [0.29, 0.717) is 6.04 Å². The Morgan fingerprint density at radius 3 is 2.59 bits per heavy atom. The third kappa shape index (κ3) is 4.57. The second-order valence-electron chi connectivity index (χ2n) is 4.42. The topological polar surface area (TPSA) is 12.5 Å². The van der Waals surface area contributed by atoms with E-state index < -0.39 is 0 Å². The average molecular weight is 256 g/mol. The molecule has 96 valence electrons. The number of rotatable bonds is 7. The number of halogens is 1. The molecule has 3 heteroatoms. The van der Waals surface area contributed by atoms with Crippen molar-refractivity contribution in [3.05, 3.63) is 29.8 Å². The Labute approximate surface area is 110 Å². The van der Waals surface area contributed by atoms with Crippen LogP contribution in [0.15, 0.2) is 24.3 Å². The summed E-state index contributed by atoms with van der Waals surface area (Å²) < 4.78 is 5.38. The quantitative estimate of drug-likeness (QED) is 0.691. The van der Waals surface area contributed by atoms with Crippen molar-refractivity contribution in [2.75, 3.05) is 19.5 Å². The molecular formula is C14H22ClNO. The number of nitrogens with zero attached hydrogens (tertiary/aromatic N) is 1. The minimum atomic E-state index is 0.517. The van der Waals surface area contributed by atoms with Crippen molar-refractivity contribution in [2.45, 2.75) is 32.9 Å². The highest BCUT2D eigenvalue weighted by Crippen LogP contribution is 2.20. The van der Waals surface area contributed by atoms with E-state index in [0.717, 1.165) is 31.1 Å². The lowest BCUT2D eigenvalue weighted by atomic mass is 10.1. The fourth-order valence-corrected chi connectivity index (χ4v) is 1.95. The zero-order chi connectivity index (χ0) is 12.7. The van der Waals surface area contributed by atoms with Gasteiger partial charge < -0.3 is 4.74 Å². The first-order valence-electron chi connectivity index (χ1n) is 6.11. The molecule has 0 radical (unpaired) electrons. The second kappa shape index (κ2) is 7.57. The van der Waals surface area contributed by atoms with Gasteiger partial charge in [-0.2, -0.15) is 0 Å². The Balaban J connectivity index is 2.71. The molecule has 1 rings (SSSR count). The Morgan fingerprint density at radius 1 is 1.29 bits per heavy atom. The van der Waals surface area contributed by atoms with Gasteiger partial charge in [-0.1, -0.05) is 18.2 Å².